The van der Waals surface area contributed by atoms with Crippen molar-refractivity contribution in [1.29, 1.82) is 0 Å². The van der Waals surface area contributed by atoms with Gasteiger partial charge in [-0.1, -0.05) is 19.3 Å². The van der Waals surface area contributed by atoms with Gasteiger partial charge in [0.1, 0.15) is 0 Å². The third-order valence-corrected chi connectivity index (χ3v) is 5.49. The molecular weight excluding hydrogens is 264 g/mol. The first-order valence-corrected chi connectivity index (χ1v) is 8.78. The number of fused-ring (bicyclic) bond motifs is 2. The first-order valence-electron chi connectivity index (χ1n) is 8.78. The van der Waals surface area contributed by atoms with Crippen LogP contribution in [0.25, 0.3) is 0 Å². The summed E-state index contributed by atoms with van der Waals surface area (Å²) in [4.78, 5) is 26.2. The van der Waals surface area contributed by atoms with E-state index in [1.165, 1.54) is 38.5 Å². The molecular formula is C17H28N2O2. The Morgan fingerprint density at radius 1 is 0.905 bits per heavy atom. The molecule has 1 aliphatic heterocycles. The van der Waals surface area contributed by atoms with Gasteiger partial charge in [0.2, 0.25) is 11.8 Å². The highest BCUT2D eigenvalue weighted by Crippen LogP contribution is 2.34. The smallest absolute Gasteiger partial charge is 0.223 e. The normalized spacial score (nSPS) is 29.4. The van der Waals surface area contributed by atoms with Crippen LogP contribution in [0.4, 0.5) is 0 Å². The van der Waals surface area contributed by atoms with Crippen molar-refractivity contribution < 1.29 is 9.59 Å². The summed E-state index contributed by atoms with van der Waals surface area (Å²) in [5.74, 6) is 1.68. The maximum absolute atomic E-state index is 12.3. The Labute approximate surface area is 127 Å². The molecule has 4 heteroatoms. The van der Waals surface area contributed by atoms with Gasteiger partial charge in [-0.05, 0) is 43.9 Å². The third-order valence-electron chi connectivity index (χ3n) is 5.49. The lowest BCUT2D eigenvalue weighted by Gasteiger charge is -2.41. The Hall–Kier alpha value is -1.06. The lowest BCUT2D eigenvalue weighted by Crippen LogP contribution is -2.46. The number of rotatable bonds is 4. The van der Waals surface area contributed by atoms with Crippen molar-refractivity contribution in [3.63, 3.8) is 0 Å². The maximum Gasteiger partial charge on any atom is 0.223 e. The predicted octanol–water partition coefficient (Wildman–Crippen LogP) is 2.47. The molecule has 1 saturated heterocycles. The highest BCUT2D eigenvalue weighted by Gasteiger charge is 2.32. The SMILES string of the molecule is O=C(CCC(=O)N1C[C@H]2CCC[C@@H](C2)C1)NC1CCCC1. The average molecular weight is 292 g/mol. The minimum Gasteiger partial charge on any atom is -0.353 e. The van der Waals surface area contributed by atoms with Gasteiger partial charge in [0.05, 0.1) is 0 Å². The maximum atomic E-state index is 12.3. The zero-order valence-electron chi connectivity index (χ0n) is 13.0. The van der Waals surface area contributed by atoms with Crippen LogP contribution in [0, 0.1) is 11.8 Å². The van der Waals surface area contributed by atoms with Gasteiger partial charge in [0.25, 0.3) is 0 Å². The molecule has 3 rings (SSSR count). The summed E-state index contributed by atoms with van der Waals surface area (Å²) < 4.78 is 0. The van der Waals surface area contributed by atoms with Gasteiger partial charge >= 0.3 is 0 Å². The Morgan fingerprint density at radius 2 is 1.57 bits per heavy atom. The molecule has 3 fully saturated rings. The fourth-order valence-electron chi connectivity index (χ4n) is 4.38. The minimum atomic E-state index is 0.0625. The van der Waals surface area contributed by atoms with Crippen LogP contribution in [-0.2, 0) is 9.59 Å². The summed E-state index contributed by atoms with van der Waals surface area (Å²) in [7, 11) is 0. The van der Waals surface area contributed by atoms with E-state index in [9.17, 15) is 9.59 Å². The Morgan fingerprint density at radius 3 is 2.24 bits per heavy atom. The van der Waals surface area contributed by atoms with E-state index in [2.05, 4.69) is 5.32 Å². The Balaban J connectivity index is 1.40. The Kier molecular flexibility index (Phi) is 4.81. The summed E-state index contributed by atoms with van der Waals surface area (Å²) in [5, 5.41) is 3.07. The number of nitrogens with zero attached hydrogens (tertiary/aromatic N) is 1. The van der Waals surface area contributed by atoms with Gasteiger partial charge in [-0.15, -0.1) is 0 Å². The average Bonchev–Trinajstić information content (AvgIpc) is 2.97. The van der Waals surface area contributed by atoms with Crippen molar-refractivity contribution in [3.05, 3.63) is 0 Å². The fraction of sp³-hybridized carbons (Fsp3) is 0.882. The van der Waals surface area contributed by atoms with Gasteiger partial charge in [0, 0.05) is 32.0 Å². The molecule has 2 amide bonds. The zero-order valence-corrected chi connectivity index (χ0v) is 13.0. The second-order valence-corrected chi connectivity index (χ2v) is 7.25. The molecule has 0 unspecified atom stereocenters. The van der Waals surface area contributed by atoms with Crippen LogP contribution in [0.5, 0.6) is 0 Å². The molecule has 0 aromatic rings. The summed E-state index contributed by atoms with van der Waals surface area (Å²) in [6.07, 6.45) is 10.6. The highest BCUT2D eigenvalue weighted by atomic mass is 16.2. The molecule has 2 bridgehead atoms. The van der Waals surface area contributed by atoms with Gasteiger partial charge < -0.3 is 10.2 Å². The lowest BCUT2D eigenvalue weighted by atomic mass is 9.78. The van der Waals surface area contributed by atoms with Crippen molar-refractivity contribution in [2.45, 2.75) is 70.3 Å². The van der Waals surface area contributed by atoms with E-state index in [1.807, 2.05) is 4.90 Å². The number of piperidine rings is 1. The van der Waals surface area contributed by atoms with E-state index >= 15 is 0 Å². The summed E-state index contributed by atoms with van der Waals surface area (Å²) >= 11 is 0. The number of likely N-dealkylation sites (tertiary alicyclic amines) is 1. The molecule has 1 heterocycles. The van der Waals surface area contributed by atoms with Gasteiger partial charge in [-0.3, -0.25) is 9.59 Å². The molecule has 4 nitrogen and oxygen atoms in total. The van der Waals surface area contributed by atoms with Gasteiger partial charge in [-0.25, -0.2) is 0 Å². The van der Waals surface area contributed by atoms with Crippen LogP contribution >= 0.6 is 0 Å². The van der Waals surface area contributed by atoms with Crippen LogP contribution in [0.15, 0.2) is 0 Å². The van der Waals surface area contributed by atoms with Gasteiger partial charge in [-0.2, -0.15) is 0 Å². The second kappa shape index (κ2) is 6.80. The molecule has 2 atom stereocenters. The molecule has 2 aliphatic carbocycles. The van der Waals surface area contributed by atoms with Crippen molar-refractivity contribution in [1.82, 2.24) is 10.2 Å². The van der Waals surface area contributed by atoms with E-state index < -0.39 is 0 Å². The van der Waals surface area contributed by atoms with Crippen LogP contribution in [-0.4, -0.2) is 35.8 Å². The number of carbonyl (C=O) groups excluding carboxylic acids is 2. The van der Waals surface area contributed by atoms with E-state index in [4.69, 9.17) is 0 Å². The Bertz CT molecular complexity index is 378. The minimum absolute atomic E-state index is 0.0625. The van der Waals surface area contributed by atoms with Crippen molar-refractivity contribution in [2.75, 3.05) is 13.1 Å². The van der Waals surface area contributed by atoms with E-state index in [0.717, 1.165) is 25.9 Å². The van der Waals surface area contributed by atoms with Crippen LogP contribution < -0.4 is 5.32 Å². The van der Waals surface area contributed by atoms with Crippen molar-refractivity contribution in [3.8, 4) is 0 Å². The second-order valence-electron chi connectivity index (χ2n) is 7.25. The highest BCUT2D eigenvalue weighted by molar-refractivity contribution is 5.84. The molecule has 0 spiro atoms. The van der Waals surface area contributed by atoms with Gasteiger partial charge in [0.15, 0.2) is 0 Å². The molecule has 21 heavy (non-hydrogen) atoms. The fourth-order valence-corrected chi connectivity index (χ4v) is 4.38. The lowest BCUT2D eigenvalue weighted by molar-refractivity contribution is -0.136. The molecule has 118 valence electrons. The molecule has 0 aromatic heterocycles. The number of hydrogen-bond acceptors (Lipinski definition) is 2. The molecule has 3 aliphatic rings. The van der Waals surface area contributed by atoms with Crippen LogP contribution in [0.3, 0.4) is 0 Å². The number of carbonyl (C=O) groups is 2. The van der Waals surface area contributed by atoms with Crippen LogP contribution in [0.2, 0.25) is 0 Å². The predicted molar refractivity (Wildman–Crippen MR) is 81.7 cm³/mol. The first-order chi connectivity index (χ1) is 10.2. The number of hydrogen-bond donors (Lipinski definition) is 1. The molecule has 2 saturated carbocycles. The van der Waals surface area contributed by atoms with E-state index in [1.54, 1.807) is 0 Å². The largest absolute Gasteiger partial charge is 0.353 e. The topological polar surface area (TPSA) is 49.4 Å². The summed E-state index contributed by atoms with van der Waals surface area (Å²) in [5.41, 5.74) is 0. The van der Waals surface area contributed by atoms with Crippen molar-refractivity contribution >= 4 is 11.8 Å². The number of nitrogens with one attached hydrogen (secondary N) is 1. The first kappa shape index (κ1) is 14.9. The third kappa shape index (κ3) is 3.98. The summed E-state index contributed by atoms with van der Waals surface area (Å²) in [6.45, 7) is 1.86. The zero-order chi connectivity index (χ0) is 14.7. The monoisotopic (exact) mass is 292 g/mol. The van der Waals surface area contributed by atoms with E-state index in [-0.39, 0.29) is 11.8 Å². The molecule has 0 radical (unpaired) electrons. The standard InChI is InChI=1S/C17H28N2O2/c20-16(18-15-6-1-2-7-15)8-9-17(21)19-11-13-4-3-5-14(10-13)12-19/h13-15H,1-12H2,(H,18,20)/t13-,14-/m0/s1. The summed E-state index contributed by atoms with van der Waals surface area (Å²) in [6, 6.07) is 0.363. The number of amides is 2. The molecule has 0 aromatic carbocycles. The van der Waals surface area contributed by atoms with Crippen molar-refractivity contribution in [2.24, 2.45) is 11.8 Å². The quantitative estimate of drug-likeness (QED) is 0.865. The molecule has 1 N–H and O–H groups in total. The van der Waals surface area contributed by atoms with E-state index in [0.29, 0.717) is 30.7 Å². The van der Waals surface area contributed by atoms with Crippen LogP contribution in [0.1, 0.15) is 64.2 Å².